The van der Waals surface area contributed by atoms with Crippen LogP contribution >= 0.6 is 38.5 Å². The standard InChI is InChI=1S/C11H16BrIN2/c1-15(2)6-5-14-8-9-7-10(13)3-4-11(9)12/h3-4,7,14H,5-6,8H2,1-2H3. The van der Waals surface area contributed by atoms with Gasteiger partial charge in [0.15, 0.2) is 0 Å². The van der Waals surface area contributed by atoms with Crippen LogP contribution in [0.1, 0.15) is 5.56 Å². The molecule has 2 nitrogen and oxygen atoms in total. The highest BCUT2D eigenvalue weighted by Gasteiger charge is 2.00. The minimum atomic E-state index is 0.922. The molecule has 4 heteroatoms. The number of benzene rings is 1. The van der Waals surface area contributed by atoms with E-state index >= 15 is 0 Å². The Bertz CT molecular complexity index is 315. The van der Waals surface area contributed by atoms with Gasteiger partial charge in [-0.2, -0.15) is 0 Å². The minimum Gasteiger partial charge on any atom is -0.311 e. The second-order valence-corrected chi connectivity index (χ2v) is 5.82. The van der Waals surface area contributed by atoms with E-state index in [0.717, 1.165) is 19.6 Å². The predicted molar refractivity (Wildman–Crippen MR) is 77.1 cm³/mol. The van der Waals surface area contributed by atoms with E-state index in [2.05, 4.69) is 81.0 Å². The summed E-state index contributed by atoms with van der Waals surface area (Å²) in [5.41, 5.74) is 1.32. The molecule has 0 heterocycles. The Kier molecular flexibility index (Phi) is 6.11. The molecule has 1 aromatic rings. The van der Waals surface area contributed by atoms with Gasteiger partial charge in [0.25, 0.3) is 0 Å². The van der Waals surface area contributed by atoms with Crippen molar-refractivity contribution in [2.45, 2.75) is 6.54 Å². The largest absolute Gasteiger partial charge is 0.311 e. The summed E-state index contributed by atoms with van der Waals surface area (Å²) in [5.74, 6) is 0. The normalized spacial score (nSPS) is 11.0. The van der Waals surface area contributed by atoms with Crippen LogP contribution in [0.15, 0.2) is 22.7 Å². The van der Waals surface area contributed by atoms with Crippen LogP contribution in [0.4, 0.5) is 0 Å². The number of halogens is 2. The Morgan fingerprint density at radius 1 is 1.40 bits per heavy atom. The smallest absolute Gasteiger partial charge is 0.0220 e. The molecule has 0 aliphatic heterocycles. The number of hydrogen-bond acceptors (Lipinski definition) is 2. The van der Waals surface area contributed by atoms with Crippen molar-refractivity contribution in [3.63, 3.8) is 0 Å². The number of rotatable bonds is 5. The van der Waals surface area contributed by atoms with Gasteiger partial charge < -0.3 is 10.2 Å². The van der Waals surface area contributed by atoms with Crippen molar-refractivity contribution < 1.29 is 0 Å². The molecule has 0 aliphatic carbocycles. The van der Waals surface area contributed by atoms with Crippen molar-refractivity contribution in [1.82, 2.24) is 10.2 Å². The summed E-state index contributed by atoms with van der Waals surface area (Å²) in [6.45, 7) is 3.01. The van der Waals surface area contributed by atoms with E-state index in [-0.39, 0.29) is 0 Å². The van der Waals surface area contributed by atoms with Gasteiger partial charge in [-0.15, -0.1) is 0 Å². The molecule has 1 rings (SSSR count). The predicted octanol–water partition coefficient (Wildman–Crippen LogP) is 2.70. The zero-order valence-electron chi connectivity index (χ0n) is 9.06. The summed E-state index contributed by atoms with van der Waals surface area (Å²) >= 11 is 5.89. The number of nitrogens with one attached hydrogen (secondary N) is 1. The molecule has 0 radical (unpaired) electrons. The van der Waals surface area contributed by atoms with Crippen molar-refractivity contribution >= 4 is 38.5 Å². The molecule has 0 aromatic heterocycles. The highest BCUT2D eigenvalue weighted by Crippen LogP contribution is 2.19. The molecule has 0 spiro atoms. The Balaban J connectivity index is 2.40. The fourth-order valence-corrected chi connectivity index (χ4v) is 2.15. The van der Waals surface area contributed by atoms with E-state index in [4.69, 9.17) is 0 Å². The van der Waals surface area contributed by atoms with Gasteiger partial charge in [0.1, 0.15) is 0 Å². The Morgan fingerprint density at radius 3 is 2.80 bits per heavy atom. The van der Waals surface area contributed by atoms with Gasteiger partial charge >= 0.3 is 0 Å². The van der Waals surface area contributed by atoms with Crippen LogP contribution < -0.4 is 5.32 Å². The van der Waals surface area contributed by atoms with Crippen LogP contribution in [-0.4, -0.2) is 32.1 Å². The van der Waals surface area contributed by atoms with Crippen LogP contribution in [0.2, 0.25) is 0 Å². The van der Waals surface area contributed by atoms with Crippen molar-refractivity contribution in [1.29, 1.82) is 0 Å². The summed E-state index contributed by atoms with van der Waals surface area (Å²) in [5, 5.41) is 3.43. The van der Waals surface area contributed by atoms with Gasteiger partial charge in [-0.05, 0) is 60.4 Å². The Morgan fingerprint density at radius 2 is 2.13 bits per heavy atom. The first-order valence-electron chi connectivity index (χ1n) is 4.89. The van der Waals surface area contributed by atoms with E-state index in [1.165, 1.54) is 13.6 Å². The minimum absolute atomic E-state index is 0.922. The van der Waals surface area contributed by atoms with Crippen LogP contribution in [0.3, 0.4) is 0 Å². The second-order valence-electron chi connectivity index (χ2n) is 3.72. The molecular formula is C11H16BrIN2. The zero-order chi connectivity index (χ0) is 11.3. The summed E-state index contributed by atoms with van der Waals surface area (Å²) in [4.78, 5) is 2.18. The number of nitrogens with zero attached hydrogens (tertiary/aromatic N) is 1. The lowest BCUT2D eigenvalue weighted by molar-refractivity contribution is 0.400. The van der Waals surface area contributed by atoms with Crippen molar-refractivity contribution in [3.05, 3.63) is 31.8 Å². The first kappa shape index (κ1) is 13.4. The molecule has 0 saturated carbocycles. The monoisotopic (exact) mass is 382 g/mol. The molecule has 84 valence electrons. The van der Waals surface area contributed by atoms with Gasteiger partial charge in [-0.25, -0.2) is 0 Å². The summed E-state index contributed by atoms with van der Waals surface area (Å²) in [6, 6.07) is 6.41. The maximum atomic E-state index is 3.56. The quantitative estimate of drug-likeness (QED) is 0.622. The first-order chi connectivity index (χ1) is 7.09. The van der Waals surface area contributed by atoms with Gasteiger partial charge in [0.2, 0.25) is 0 Å². The molecule has 0 unspecified atom stereocenters. The van der Waals surface area contributed by atoms with Gasteiger partial charge in [-0.3, -0.25) is 0 Å². The second kappa shape index (κ2) is 6.83. The van der Waals surface area contributed by atoms with Crippen LogP contribution in [0, 0.1) is 3.57 Å². The molecule has 0 aliphatic rings. The van der Waals surface area contributed by atoms with Crippen molar-refractivity contribution in [2.24, 2.45) is 0 Å². The van der Waals surface area contributed by atoms with E-state index in [1.54, 1.807) is 0 Å². The molecular weight excluding hydrogens is 367 g/mol. The van der Waals surface area contributed by atoms with E-state index < -0.39 is 0 Å². The van der Waals surface area contributed by atoms with Gasteiger partial charge in [0, 0.05) is 27.7 Å². The highest BCUT2D eigenvalue weighted by molar-refractivity contribution is 14.1. The highest BCUT2D eigenvalue weighted by atomic mass is 127. The average molecular weight is 383 g/mol. The average Bonchev–Trinajstić information content (AvgIpc) is 2.17. The summed E-state index contributed by atoms with van der Waals surface area (Å²) in [7, 11) is 4.17. The third kappa shape index (κ3) is 5.29. The van der Waals surface area contributed by atoms with Crippen LogP contribution in [0.25, 0.3) is 0 Å². The fourth-order valence-electron chi connectivity index (χ4n) is 1.20. The van der Waals surface area contributed by atoms with Crippen molar-refractivity contribution in [3.8, 4) is 0 Å². The SMILES string of the molecule is CN(C)CCNCc1cc(I)ccc1Br. The molecule has 0 amide bonds. The summed E-state index contributed by atoms with van der Waals surface area (Å²) < 4.78 is 2.46. The van der Waals surface area contributed by atoms with Gasteiger partial charge in [-0.1, -0.05) is 15.9 Å². The molecule has 0 fully saturated rings. The number of hydrogen-bond donors (Lipinski definition) is 1. The molecule has 1 aromatic carbocycles. The molecule has 0 saturated heterocycles. The maximum Gasteiger partial charge on any atom is 0.0220 e. The fraction of sp³-hybridized carbons (Fsp3) is 0.455. The third-order valence-electron chi connectivity index (χ3n) is 2.06. The third-order valence-corrected chi connectivity index (χ3v) is 3.50. The van der Waals surface area contributed by atoms with Crippen LogP contribution in [-0.2, 0) is 6.54 Å². The lowest BCUT2D eigenvalue weighted by Crippen LogP contribution is -2.26. The van der Waals surface area contributed by atoms with Crippen molar-refractivity contribution in [2.75, 3.05) is 27.2 Å². The lowest BCUT2D eigenvalue weighted by Gasteiger charge is -2.11. The Hall–Kier alpha value is 0.350. The number of likely N-dealkylation sites (N-methyl/N-ethyl adjacent to an activating group) is 1. The molecule has 15 heavy (non-hydrogen) atoms. The van der Waals surface area contributed by atoms with E-state index in [9.17, 15) is 0 Å². The van der Waals surface area contributed by atoms with E-state index in [1.807, 2.05) is 0 Å². The maximum absolute atomic E-state index is 3.56. The molecule has 0 bridgehead atoms. The van der Waals surface area contributed by atoms with Crippen LogP contribution in [0.5, 0.6) is 0 Å². The molecule has 0 atom stereocenters. The zero-order valence-corrected chi connectivity index (χ0v) is 12.8. The van der Waals surface area contributed by atoms with Gasteiger partial charge in [0.05, 0.1) is 0 Å². The van der Waals surface area contributed by atoms with E-state index in [0.29, 0.717) is 0 Å². The molecule has 1 N–H and O–H groups in total. The summed E-state index contributed by atoms with van der Waals surface area (Å²) in [6.07, 6.45) is 0. The lowest BCUT2D eigenvalue weighted by atomic mass is 10.2. The Labute approximate surface area is 114 Å². The first-order valence-corrected chi connectivity index (χ1v) is 6.76. The topological polar surface area (TPSA) is 15.3 Å².